The minimum atomic E-state index is -0.498. The summed E-state index contributed by atoms with van der Waals surface area (Å²) in [6.07, 6.45) is 0. The molecule has 176 valence electrons. The highest BCUT2D eigenvalue weighted by Crippen LogP contribution is 2.40. The van der Waals surface area contributed by atoms with Crippen LogP contribution < -0.4 is 14.2 Å². The highest BCUT2D eigenvalue weighted by atomic mass is 35.5. The van der Waals surface area contributed by atoms with Crippen molar-refractivity contribution in [3.05, 3.63) is 58.7 Å². The Morgan fingerprint density at radius 3 is 2.27 bits per heavy atom. The van der Waals surface area contributed by atoms with Crippen LogP contribution in [0.15, 0.2) is 52.3 Å². The van der Waals surface area contributed by atoms with Crippen molar-refractivity contribution in [1.82, 2.24) is 9.78 Å². The van der Waals surface area contributed by atoms with E-state index in [0.717, 1.165) is 15.5 Å². The largest absolute Gasteiger partial charge is 0.490 e. The Labute approximate surface area is 204 Å². The predicted octanol–water partition coefficient (Wildman–Crippen LogP) is 6.77. The van der Waals surface area contributed by atoms with Crippen LogP contribution in [0.4, 0.5) is 0 Å². The second kappa shape index (κ2) is 10.5. The second-order valence-electron chi connectivity index (χ2n) is 8.28. The summed E-state index contributed by atoms with van der Waals surface area (Å²) in [5.74, 6) is 0.995. The van der Waals surface area contributed by atoms with E-state index < -0.39 is 11.5 Å². The maximum Gasteiger partial charge on any atom is 0.345 e. The summed E-state index contributed by atoms with van der Waals surface area (Å²) in [5.41, 5.74) is 0.743. The Bertz CT molecular complexity index is 1120. The van der Waals surface area contributed by atoms with Crippen LogP contribution in [0.3, 0.4) is 0 Å². The van der Waals surface area contributed by atoms with Crippen molar-refractivity contribution in [2.45, 2.75) is 56.9 Å². The van der Waals surface area contributed by atoms with Crippen molar-refractivity contribution in [2.75, 3.05) is 13.2 Å². The number of benzene rings is 2. The van der Waals surface area contributed by atoms with Gasteiger partial charge >= 0.3 is 5.97 Å². The van der Waals surface area contributed by atoms with Crippen molar-refractivity contribution in [1.29, 1.82) is 0 Å². The molecule has 3 aromatic rings. The number of aryl methyl sites for hydroxylation is 1. The zero-order valence-corrected chi connectivity index (χ0v) is 21.3. The molecule has 0 saturated carbocycles. The molecule has 0 N–H and O–H groups in total. The molecule has 6 nitrogen and oxygen atoms in total. The van der Waals surface area contributed by atoms with Gasteiger partial charge in [-0.3, -0.25) is 0 Å². The molecule has 0 spiro atoms. The van der Waals surface area contributed by atoms with Gasteiger partial charge in [-0.15, -0.1) is 0 Å². The molecule has 1 heterocycles. The number of nitrogens with zero attached hydrogens (tertiary/aromatic N) is 2. The average molecular weight is 489 g/mol. The molecule has 1 aromatic heterocycles. The normalized spacial score (nSPS) is 11.4. The molecule has 0 saturated heterocycles. The van der Waals surface area contributed by atoms with Gasteiger partial charge in [-0.25, -0.2) is 9.48 Å². The molecule has 0 aliphatic rings. The van der Waals surface area contributed by atoms with Crippen LogP contribution in [0.2, 0.25) is 5.02 Å². The molecule has 0 fully saturated rings. The van der Waals surface area contributed by atoms with E-state index in [1.54, 1.807) is 22.9 Å². The molecule has 33 heavy (non-hydrogen) atoms. The first-order chi connectivity index (χ1) is 15.6. The number of rotatable bonds is 8. The third-order valence-electron chi connectivity index (χ3n) is 4.60. The Morgan fingerprint density at radius 1 is 1.03 bits per heavy atom. The quantitative estimate of drug-likeness (QED) is 0.326. The standard InChI is InChI=1S/C25H29ClN2O4S/c1-7-30-20-14-9-17(15-21(20)31-8-2)24(29)32-23-22(16(3)27-28(23)25(4,5)6)33-19-12-10-18(26)11-13-19/h9-15H,7-8H2,1-6H3. The van der Waals surface area contributed by atoms with E-state index in [4.69, 9.17) is 25.8 Å². The number of aromatic nitrogens is 2. The third-order valence-corrected chi connectivity index (χ3v) is 6.04. The molecule has 8 heteroatoms. The van der Waals surface area contributed by atoms with E-state index in [1.807, 2.05) is 65.8 Å². The monoisotopic (exact) mass is 488 g/mol. The molecule has 2 aromatic carbocycles. The van der Waals surface area contributed by atoms with Crippen LogP contribution >= 0.6 is 23.4 Å². The first-order valence-corrected chi connectivity index (χ1v) is 12.0. The SMILES string of the molecule is CCOc1ccc(C(=O)Oc2c(Sc3ccc(Cl)cc3)c(C)nn2C(C)(C)C)cc1OCC. The van der Waals surface area contributed by atoms with Gasteiger partial charge in [-0.05, 0) is 84.0 Å². The fourth-order valence-corrected chi connectivity index (χ4v) is 4.14. The van der Waals surface area contributed by atoms with Gasteiger partial charge in [0, 0.05) is 9.92 Å². The smallest absolute Gasteiger partial charge is 0.345 e. The number of ether oxygens (including phenoxy) is 3. The van der Waals surface area contributed by atoms with E-state index in [2.05, 4.69) is 5.10 Å². The molecule has 3 rings (SSSR count). The van der Waals surface area contributed by atoms with Crippen molar-refractivity contribution < 1.29 is 19.0 Å². The predicted molar refractivity (Wildman–Crippen MR) is 131 cm³/mol. The van der Waals surface area contributed by atoms with Crippen molar-refractivity contribution in [3.8, 4) is 17.4 Å². The molecule has 0 aliphatic heterocycles. The van der Waals surface area contributed by atoms with Gasteiger partial charge in [0.2, 0.25) is 5.88 Å². The first kappa shape index (κ1) is 25.0. The minimum absolute atomic E-state index is 0.364. The van der Waals surface area contributed by atoms with Crippen molar-refractivity contribution in [2.24, 2.45) is 0 Å². The van der Waals surface area contributed by atoms with Gasteiger partial charge in [0.1, 0.15) is 0 Å². The number of hydrogen-bond donors (Lipinski definition) is 0. The summed E-state index contributed by atoms with van der Waals surface area (Å²) in [6.45, 7) is 12.7. The number of hydrogen-bond acceptors (Lipinski definition) is 6. The number of carbonyl (C=O) groups excluding carboxylic acids is 1. The topological polar surface area (TPSA) is 62.6 Å². The van der Waals surface area contributed by atoms with Gasteiger partial charge in [0.25, 0.3) is 0 Å². The lowest BCUT2D eigenvalue weighted by atomic mass is 10.1. The molecule has 0 amide bonds. The molecule has 0 radical (unpaired) electrons. The summed E-state index contributed by atoms with van der Waals surface area (Å²) in [5, 5.41) is 5.34. The van der Waals surface area contributed by atoms with Crippen LogP contribution in [-0.2, 0) is 5.54 Å². The fourth-order valence-electron chi connectivity index (χ4n) is 3.10. The Kier molecular flexibility index (Phi) is 7.97. The van der Waals surface area contributed by atoms with Gasteiger partial charge < -0.3 is 14.2 Å². The summed E-state index contributed by atoms with van der Waals surface area (Å²) in [6, 6.07) is 12.5. The van der Waals surface area contributed by atoms with E-state index in [9.17, 15) is 4.79 Å². The lowest BCUT2D eigenvalue weighted by Gasteiger charge is -2.22. The van der Waals surface area contributed by atoms with E-state index in [1.165, 1.54) is 11.8 Å². The lowest BCUT2D eigenvalue weighted by Crippen LogP contribution is -2.25. The zero-order valence-electron chi connectivity index (χ0n) is 19.8. The van der Waals surface area contributed by atoms with Crippen molar-refractivity contribution in [3.63, 3.8) is 0 Å². The van der Waals surface area contributed by atoms with E-state index in [0.29, 0.717) is 41.2 Å². The van der Waals surface area contributed by atoms with E-state index >= 15 is 0 Å². The maximum atomic E-state index is 13.2. The average Bonchev–Trinajstić information content (AvgIpc) is 3.07. The Morgan fingerprint density at radius 2 is 1.67 bits per heavy atom. The van der Waals surface area contributed by atoms with Gasteiger partial charge in [0.15, 0.2) is 11.5 Å². The molecular formula is C25H29ClN2O4S. The second-order valence-corrected chi connectivity index (χ2v) is 9.80. The van der Waals surface area contributed by atoms with Crippen LogP contribution in [-0.4, -0.2) is 29.0 Å². The van der Waals surface area contributed by atoms with Crippen LogP contribution in [0.5, 0.6) is 17.4 Å². The molecule has 0 atom stereocenters. The third kappa shape index (κ3) is 6.03. The van der Waals surface area contributed by atoms with Crippen molar-refractivity contribution >= 4 is 29.3 Å². The van der Waals surface area contributed by atoms with Crippen LogP contribution in [0.1, 0.15) is 50.7 Å². The Hall–Kier alpha value is -2.64. The maximum absolute atomic E-state index is 13.2. The molecular weight excluding hydrogens is 460 g/mol. The van der Waals surface area contributed by atoms with E-state index in [-0.39, 0.29) is 0 Å². The highest BCUT2D eigenvalue weighted by molar-refractivity contribution is 7.99. The van der Waals surface area contributed by atoms with Gasteiger partial charge in [-0.1, -0.05) is 23.4 Å². The minimum Gasteiger partial charge on any atom is -0.490 e. The number of carbonyl (C=O) groups is 1. The van der Waals surface area contributed by atoms with Crippen LogP contribution in [0, 0.1) is 6.92 Å². The number of esters is 1. The fraction of sp³-hybridized carbons (Fsp3) is 0.360. The molecule has 0 unspecified atom stereocenters. The lowest BCUT2D eigenvalue weighted by molar-refractivity contribution is 0.0703. The summed E-state index contributed by atoms with van der Waals surface area (Å²) >= 11 is 7.51. The Balaban J connectivity index is 1.98. The zero-order chi connectivity index (χ0) is 24.2. The van der Waals surface area contributed by atoms with Gasteiger partial charge in [0.05, 0.1) is 34.9 Å². The van der Waals surface area contributed by atoms with Crippen LogP contribution in [0.25, 0.3) is 0 Å². The summed E-state index contributed by atoms with van der Waals surface area (Å²) in [7, 11) is 0. The summed E-state index contributed by atoms with van der Waals surface area (Å²) < 4.78 is 19.0. The molecule has 0 aliphatic carbocycles. The highest BCUT2D eigenvalue weighted by Gasteiger charge is 2.28. The number of halogens is 1. The summed E-state index contributed by atoms with van der Waals surface area (Å²) in [4.78, 5) is 14.9. The van der Waals surface area contributed by atoms with Gasteiger partial charge in [-0.2, -0.15) is 5.10 Å². The first-order valence-electron chi connectivity index (χ1n) is 10.8. The molecule has 0 bridgehead atoms.